The number of halogens is 1. The molecule has 3 unspecified atom stereocenters. The van der Waals surface area contributed by atoms with Crippen LogP contribution in [0.3, 0.4) is 0 Å². The summed E-state index contributed by atoms with van der Waals surface area (Å²) < 4.78 is 10.9. The van der Waals surface area contributed by atoms with Gasteiger partial charge in [-0.15, -0.1) is 0 Å². The smallest absolute Gasteiger partial charge is 0.438 e. The summed E-state index contributed by atoms with van der Waals surface area (Å²) in [5.74, 6) is 1.54. The molecule has 1 aliphatic carbocycles. The Morgan fingerprint density at radius 3 is 2.42 bits per heavy atom. The minimum Gasteiger partial charge on any atom is -0.438 e. The van der Waals surface area contributed by atoms with E-state index in [0.717, 1.165) is 30.8 Å². The Morgan fingerprint density at radius 2 is 1.86 bits per heavy atom. The third-order valence-corrected chi connectivity index (χ3v) is 8.16. The zero-order chi connectivity index (χ0) is 26.3. The van der Waals surface area contributed by atoms with Gasteiger partial charge in [0.15, 0.2) is 0 Å². The number of aliphatic imine (C=N–C) groups is 1. The van der Waals surface area contributed by atoms with Gasteiger partial charge in [0.25, 0.3) is 0 Å². The standard InChI is InChI=1S/C29H46ClN3O3/c1-7-8-17-33-20-31-29(19-21(2)3,36-28(34)35-6)26(33)18-22-9-11-23(12-10-22)27(32(4)5)24-13-15-25(30)16-14-24/h13-16,20-23,26-27H,7-12,17-19H2,1-6H3. The third-order valence-electron chi connectivity index (χ3n) is 7.91. The molecule has 0 bridgehead atoms. The molecule has 1 saturated carbocycles. The Morgan fingerprint density at radius 1 is 1.19 bits per heavy atom. The summed E-state index contributed by atoms with van der Waals surface area (Å²) in [5.41, 5.74) is 0.464. The largest absolute Gasteiger partial charge is 0.510 e. The quantitative estimate of drug-likeness (QED) is 0.290. The Labute approximate surface area is 223 Å². The first-order chi connectivity index (χ1) is 17.2. The summed E-state index contributed by atoms with van der Waals surface area (Å²) in [6.07, 6.45) is 9.91. The van der Waals surface area contributed by atoms with E-state index in [1.807, 2.05) is 18.5 Å². The third kappa shape index (κ3) is 7.16. The molecule has 36 heavy (non-hydrogen) atoms. The maximum absolute atomic E-state index is 12.3. The molecule has 3 atom stereocenters. The monoisotopic (exact) mass is 519 g/mol. The molecule has 7 heteroatoms. The van der Waals surface area contributed by atoms with Crippen LogP contribution in [0.2, 0.25) is 5.02 Å². The Kier molecular flexibility index (Phi) is 10.5. The molecule has 0 spiro atoms. The molecule has 1 fully saturated rings. The molecule has 0 saturated heterocycles. The fraction of sp³-hybridized carbons (Fsp3) is 0.724. The lowest BCUT2D eigenvalue weighted by Gasteiger charge is -2.42. The van der Waals surface area contributed by atoms with Crippen molar-refractivity contribution in [1.82, 2.24) is 9.80 Å². The number of carbonyl (C=O) groups is 1. The molecule has 1 heterocycles. The molecular weight excluding hydrogens is 474 g/mol. The van der Waals surface area contributed by atoms with Gasteiger partial charge in [-0.05, 0) is 75.2 Å². The summed E-state index contributed by atoms with van der Waals surface area (Å²) in [7, 11) is 5.73. The van der Waals surface area contributed by atoms with Crippen molar-refractivity contribution in [3.05, 3.63) is 34.9 Å². The van der Waals surface area contributed by atoms with Gasteiger partial charge in [-0.25, -0.2) is 9.79 Å². The molecule has 1 aromatic carbocycles. The first kappa shape index (κ1) is 28.8. The van der Waals surface area contributed by atoms with Crippen molar-refractivity contribution in [3.8, 4) is 0 Å². The van der Waals surface area contributed by atoms with Crippen molar-refractivity contribution in [3.63, 3.8) is 0 Å². The van der Waals surface area contributed by atoms with Gasteiger partial charge in [0.2, 0.25) is 5.72 Å². The molecule has 1 aromatic rings. The number of rotatable bonds is 11. The molecular formula is C29H46ClN3O3. The number of ether oxygens (including phenoxy) is 2. The molecule has 0 aromatic heterocycles. The van der Waals surface area contributed by atoms with Crippen LogP contribution in [0.5, 0.6) is 0 Å². The van der Waals surface area contributed by atoms with Crippen molar-refractivity contribution in [2.75, 3.05) is 27.7 Å². The first-order valence-corrected chi connectivity index (χ1v) is 14.1. The molecule has 3 rings (SSSR count). The lowest BCUT2D eigenvalue weighted by Crippen LogP contribution is -2.51. The summed E-state index contributed by atoms with van der Waals surface area (Å²) in [6, 6.07) is 8.78. The molecule has 1 aliphatic heterocycles. The maximum Gasteiger partial charge on any atom is 0.510 e. The van der Waals surface area contributed by atoms with Crippen molar-refractivity contribution in [2.24, 2.45) is 22.7 Å². The molecule has 0 radical (unpaired) electrons. The number of carbonyl (C=O) groups excluding carboxylic acids is 1. The minimum absolute atomic E-state index is 0.0491. The van der Waals surface area contributed by atoms with E-state index < -0.39 is 11.9 Å². The number of unbranched alkanes of at least 4 members (excludes halogenated alkanes) is 1. The Balaban J connectivity index is 1.73. The summed E-state index contributed by atoms with van der Waals surface area (Å²) in [5, 5.41) is 0.783. The van der Waals surface area contributed by atoms with Crippen LogP contribution in [-0.4, -0.2) is 61.8 Å². The summed E-state index contributed by atoms with van der Waals surface area (Å²) in [6.45, 7) is 7.46. The predicted octanol–water partition coefficient (Wildman–Crippen LogP) is 7.18. The fourth-order valence-corrected chi connectivity index (χ4v) is 6.40. The highest BCUT2D eigenvalue weighted by molar-refractivity contribution is 6.30. The van der Waals surface area contributed by atoms with Crippen LogP contribution in [0.25, 0.3) is 0 Å². The molecule has 6 nitrogen and oxygen atoms in total. The van der Waals surface area contributed by atoms with Gasteiger partial charge in [0.1, 0.15) is 0 Å². The van der Waals surface area contributed by atoms with Crippen LogP contribution in [-0.2, 0) is 9.47 Å². The summed E-state index contributed by atoms with van der Waals surface area (Å²) in [4.78, 5) is 21.8. The van der Waals surface area contributed by atoms with E-state index >= 15 is 0 Å². The van der Waals surface area contributed by atoms with Gasteiger partial charge in [-0.1, -0.05) is 63.8 Å². The van der Waals surface area contributed by atoms with E-state index in [0.29, 0.717) is 30.2 Å². The zero-order valence-electron chi connectivity index (χ0n) is 23.1. The Bertz CT molecular complexity index is 852. The first-order valence-electron chi connectivity index (χ1n) is 13.7. The topological polar surface area (TPSA) is 54.4 Å². The second-order valence-corrected chi connectivity index (χ2v) is 11.8. The fourth-order valence-electron chi connectivity index (χ4n) is 6.27. The lowest BCUT2D eigenvalue weighted by molar-refractivity contribution is -0.0681. The van der Waals surface area contributed by atoms with Crippen LogP contribution in [0.4, 0.5) is 4.79 Å². The van der Waals surface area contributed by atoms with Gasteiger partial charge in [-0.3, -0.25) is 0 Å². The van der Waals surface area contributed by atoms with Crippen LogP contribution in [0, 0.1) is 17.8 Å². The highest BCUT2D eigenvalue weighted by Crippen LogP contribution is 2.44. The maximum atomic E-state index is 12.3. The highest BCUT2D eigenvalue weighted by atomic mass is 35.5. The average molecular weight is 520 g/mol. The SMILES string of the molecule is CCCCN1C=NC(CC(C)C)(OC(=O)OC)C1CC1CCC(C(c2ccc(Cl)cc2)N(C)C)CC1. The molecule has 0 amide bonds. The van der Waals surface area contributed by atoms with Gasteiger partial charge >= 0.3 is 6.16 Å². The van der Waals surface area contributed by atoms with Crippen LogP contribution >= 0.6 is 11.6 Å². The molecule has 2 aliphatic rings. The van der Waals surface area contributed by atoms with Crippen molar-refractivity contribution in [2.45, 2.75) is 89.9 Å². The molecule has 0 N–H and O–H groups in total. The average Bonchev–Trinajstić information content (AvgIpc) is 3.15. The van der Waals surface area contributed by atoms with Crippen LogP contribution in [0.15, 0.2) is 29.3 Å². The summed E-state index contributed by atoms with van der Waals surface area (Å²) >= 11 is 6.15. The van der Waals surface area contributed by atoms with Crippen molar-refractivity contribution >= 4 is 24.1 Å². The number of benzene rings is 1. The van der Waals surface area contributed by atoms with Gasteiger partial charge in [0, 0.05) is 24.0 Å². The van der Waals surface area contributed by atoms with Gasteiger partial charge in [-0.2, -0.15) is 0 Å². The van der Waals surface area contributed by atoms with Gasteiger partial charge in [0.05, 0.1) is 19.5 Å². The Hall–Kier alpha value is -1.79. The van der Waals surface area contributed by atoms with E-state index in [9.17, 15) is 4.79 Å². The van der Waals surface area contributed by atoms with Crippen LogP contribution in [0.1, 0.15) is 83.7 Å². The lowest BCUT2D eigenvalue weighted by atomic mass is 9.73. The van der Waals surface area contributed by atoms with Crippen LogP contribution < -0.4 is 0 Å². The minimum atomic E-state index is -0.874. The van der Waals surface area contributed by atoms with E-state index in [4.69, 9.17) is 26.1 Å². The normalized spacial score (nSPS) is 27.0. The number of methoxy groups -OCH3 is 1. The molecule has 202 valence electrons. The van der Waals surface area contributed by atoms with E-state index in [1.165, 1.54) is 38.4 Å². The van der Waals surface area contributed by atoms with Crippen molar-refractivity contribution in [1.29, 1.82) is 0 Å². The van der Waals surface area contributed by atoms with E-state index in [2.05, 4.69) is 56.8 Å². The second kappa shape index (κ2) is 13.1. The number of hydrogen-bond acceptors (Lipinski definition) is 6. The van der Waals surface area contributed by atoms with Crippen molar-refractivity contribution < 1.29 is 14.3 Å². The predicted molar refractivity (Wildman–Crippen MR) is 148 cm³/mol. The second-order valence-electron chi connectivity index (χ2n) is 11.3. The number of hydrogen-bond donors (Lipinski definition) is 0. The van der Waals surface area contributed by atoms with E-state index in [-0.39, 0.29) is 6.04 Å². The number of nitrogens with zero attached hydrogens (tertiary/aromatic N) is 3. The zero-order valence-corrected chi connectivity index (χ0v) is 23.8. The van der Waals surface area contributed by atoms with E-state index in [1.54, 1.807) is 0 Å². The highest BCUT2D eigenvalue weighted by Gasteiger charge is 2.50. The van der Waals surface area contributed by atoms with Gasteiger partial charge < -0.3 is 19.3 Å².